The summed E-state index contributed by atoms with van der Waals surface area (Å²) < 4.78 is 5.27. The molecule has 0 spiro atoms. The van der Waals surface area contributed by atoms with Gasteiger partial charge in [-0.2, -0.15) is 0 Å². The summed E-state index contributed by atoms with van der Waals surface area (Å²) in [4.78, 5) is 0. The highest BCUT2D eigenvalue weighted by Gasteiger charge is 2.27. The van der Waals surface area contributed by atoms with Crippen molar-refractivity contribution >= 4 is 0 Å². The zero-order valence-corrected chi connectivity index (χ0v) is 15.1. The summed E-state index contributed by atoms with van der Waals surface area (Å²) in [6.07, 6.45) is 14.6. The van der Waals surface area contributed by atoms with Gasteiger partial charge in [-0.1, -0.05) is 51.2 Å². The lowest BCUT2D eigenvalue weighted by Gasteiger charge is -2.34. The van der Waals surface area contributed by atoms with Crippen LogP contribution in [0.15, 0.2) is 24.3 Å². The molecule has 3 rings (SSSR count). The third kappa shape index (κ3) is 4.52. The van der Waals surface area contributed by atoms with Gasteiger partial charge in [-0.15, -0.1) is 0 Å². The molecule has 1 nitrogen and oxygen atoms in total. The molecule has 23 heavy (non-hydrogen) atoms. The fraction of sp³-hybridized carbons (Fsp3) is 0.727. The average Bonchev–Trinajstić information content (AvgIpc) is 2.63. The minimum atomic E-state index is 0.785. The first-order valence-corrected chi connectivity index (χ1v) is 9.92. The van der Waals surface area contributed by atoms with E-state index in [-0.39, 0.29) is 0 Å². The van der Waals surface area contributed by atoms with Crippen LogP contribution in [0.1, 0.15) is 82.6 Å². The summed E-state index contributed by atoms with van der Waals surface area (Å²) >= 11 is 0. The summed E-state index contributed by atoms with van der Waals surface area (Å²) in [5.41, 5.74) is 1.52. The Kier molecular flexibility index (Phi) is 6.02. The van der Waals surface area contributed by atoms with Crippen molar-refractivity contribution in [2.75, 3.05) is 7.11 Å². The van der Waals surface area contributed by atoms with Crippen molar-refractivity contribution in [3.63, 3.8) is 0 Å². The van der Waals surface area contributed by atoms with Gasteiger partial charge in [-0.05, 0) is 73.5 Å². The molecule has 0 amide bonds. The summed E-state index contributed by atoms with van der Waals surface area (Å²) in [6.45, 7) is 2.37. The van der Waals surface area contributed by atoms with Gasteiger partial charge < -0.3 is 4.74 Å². The van der Waals surface area contributed by atoms with E-state index in [2.05, 4.69) is 31.2 Å². The Balaban J connectivity index is 1.43. The van der Waals surface area contributed by atoms with E-state index in [1.54, 1.807) is 7.11 Å². The number of ether oxygens (including phenoxy) is 1. The maximum atomic E-state index is 5.27. The molecule has 0 saturated heterocycles. The van der Waals surface area contributed by atoms with Gasteiger partial charge in [0.15, 0.2) is 0 Å². The van der Waals surface area contributed by atoms with Crippen LogP contribution in [-0.2, 0) is 0 Å². The van der Waals surface area contributed by atoms with E-state index in [4.69, 9.17) is 4.74 Å². The zero-order chi connectivity index (χ0) is 16.1. The Morgan fingerprint density at radius 1 is 0.783 bits per heavy atom. The molecule has 128 valence electrons. The van der Waals surface area contributed by atoms with Crippen molar-refractivity contribution < 1.29 is 4.74 Å². The first-order valence-electron chi connectivity index (χ1n) is 9.92. The summed E-state index contributed by atoms with van der Waals surface area (Å²) in [5.74, 6) is 4.85. The van der Waals surface area contributed by atoms with E-state index >= 15 is 0 Å². The van der Waals surface area contributed by atoms with Crippen LogP contribution in [0.2, 0.25) is 0 Å². The van der Waals surface area contributed by atoms with Gasteiger partial charge in [0, 0.05) is 0 Å². The molecule has 0 aliphatic heterocycles. The van der Waals surface area contributed by atoms with Crippen molar-refractivity contribution in [2.24, 2.45) is 17.8 Å². The minimum Gasteiger partial charge on any atom is -0.497 e. The van der Waals surface area contributed by atoms with Gasteiger partial charge in [0.05, 0.1) is 7.11 Å². The van der Waals surface area contributed by atoms with Gasteiger partial charge in [-0.3, -0.25) is 0 Å². The van der Waals surface area contributed by atoms with Crippen LogP contribution >= 0.6 is 0 Å². The van der Waals surface area contributed by atoms with E-state index in [0.29, 0.717) is 0 Å². The van der Waals surface area contributed by atoms with E-state index in [0.717, 1.165) is 29.4 Å². The molecule has 2 aliphatic rings. The molecule has 0 N–H and O–H groups in total. The Labute approximate surface area is 142 Å². The predicted octanol–water partition coefficient (Wildman–Crippen LogP) is 6.58. The molecule has 1 aromatic rings. The van der Waals surface area contributed by atoms with Crippen LogP contribution in [0.3, 0.4) is 0 Å². The topological polar surface area (TPSA) is 9.23 Å². The Morgan fingerprint density at radius 2 is 1.30 bits per heavy atom. The zero-order valence-electron chi connectivity index (χ0n) is 15.1. The molecule has 0 unspecified atom stereocenters. The van der Waals surface area contributed by atoms with Gasteiger partial charge in [0.1, 0.15) is 5.75 Å². The lowest BCUT2D eigenvalue weighted by atomic mass is 9.72. The number of hydrogen-bond acceptors (Lipinski definition) is 1. The van der Waals surface area contributed by atoms with Crippen molar-refractivity contribution in [1.82, 2.24) is 0 Å². The van der Waals surface area contributed by atoms with Crippen LogP contribution in [-0.4, -0.2) is 7.11 Å². The molecular weight excluding hydrogens is 280 g/mol. The van der Waals surface area contributed by atoms with Crippen molar-refractivity contribution in [1.29, 1.82) is 0 Å². The van der Waals surface area contributed by atoms with Crippen LogP contribution in [0, 0.1) is 17.8 Å². The predicted molar refractivity (Wildman–Crippen MR) is 98.0 cm³/mol. The van der Waals surface area contributed by atoms with Gasteiger partial charge in [0.2, 0.25) is 0 Å². The summed E-state index contributed by atoms with van der Waals surface area (Å²) in [5, 5.41) is 0. The number of benzene rings is 1. The standard InChI is InChI=1S/C22H34O/c1-3-17-4-6-18(7-5-17)16-19-8-10-20(11-9-19)21-12-14-22(23-2)15-13-21/h12-15,17-20H,3-11,16H2,1-2H3. The van der Waals surface area contributed by atoms with Crippen LogP contribution in [0.5, 0.6) is 5.75 Å². The highest BCUT2D eigenvalue weighted by Crippen LogP contribution is 2.41. The first-order chi connectivity index (χ1) is 11.3. The van der Waals surface area contributed by atoms with E-state index in [9.17, 15) is 0 Å². The first kappa shape index (κ1) is 16.9. The molecule has 0 atom stereocenters. The second-order valence-corrected chi connectivity index (χ2v) is 8.02. The van der Waals surface area contributed by atoms with Gasteiger partial charge in [-0.25, -0.2) is 0 Å². The third-order valence-electron chi connectivity index (χ3n) is 6.64. The highest BCUT2D eigenvalue weighted by atomic mass is 16.5. The number of hydrogen-bond donors (Lipinski definition) is 0. The summed E-state index contributed by atoms with van der Waals surface area (Å²) in [6, 6.07) is 8.78. The van der Waals surface area contributed by atoms with Crippen molar-refractivity contribution in [3.8, 4) is 5.75 Å². The Hall–Kier alpha value is -0.980. The minimum absolute atomic E-state index is 0.785. The van der Waals surface area contributed by atoms with E-state index < -0.39 is 0 Å². The van der Waals surface area contributed by atoms with Gasteiger partial charge >= 0.3 is 0 Å². The molecule has 2 fully saturated rings. The molecular formula is C22H34O. The SMILES string of the molecule is CCC1CCC(CC2CCC(c3ccc(OC)cc3)CC2)CC1. The Morgan fingerprint density at radius 3 is 1.83 bits per heavy atom. The monoisotopic (exact) mass is 314 g/mol. The third-order valence-corrected chi connectivity index (χ3v) is 6.64. The van der Waals surface area contributed by atoms with Crippen molar-refractivity contribution in [2.45, 2.75) is 77.0 Å². The van der Waals surface area contributed by atoms with E-state index in [1.165, 1.54) is 69.8 Å². The van der Waals surface area contributed by atoms with E-state index in [1.807, 2.05) is 0 Å². The number of rotatable bonds is 5. The lowest BCUT2D eigenvalue weighted by Crippen LogP contribution is -2.20. The fourth-order valence-corrected chi connectivity index (χ4v) is 4.95. The second kappa shape index (κ2) is 8.22. The molecule has 0 aromatic heterocycles. The molecule has 0 heterocycles. The van der Waals surface area contributed by atoms with Gasteiger partial charge in [0.25, 0.3) is 0 Å². The molecule has 0 radical (unpaired) electrons. The normalized spacial score (nSPS) is 31.7. The molecule has 1 heteroatoms. The quantitative estimate of drug-likeness (QED) is 0.596. The Bertz CT molecular complexity index is 447. The van der Waals surface area contributed by atoms with Crippen LogP contribution < -0.4 is 4.74 Å². The second-order valence-electron chi connectivity index (χ2n) is 8.02. The number of methoxy groups -OCH3 is 1. The largest absolute Gasteiger partial charge is 0.497 e. The lowest BCUT2D eigenvalue weighted by molar-refractivity contribution is 0.203. The highest BCUT2D eigenvalue weighted by molar-refractivity contribution is 5.29. The summed E-state index contributed by atoms with van der Waals surface area (Å²) in [7, 11) is 1.74. The molecule has 2 aliphatic carbocycles. The molecule has 1 aromatic carbocycles. The average molecular weight is 315 g/mol. The van der Waals surface area contributed by atoms with Crippen molar-refractivity contribution in [3.05, 3.63) is 29.8 Å². The molecule has 0 bridgehead atoms. The smallest absolute Gasteiger partial charge is 0.118 e. The maximum absolute atomic E-state index is 5.27. The van der Waals surface area contributed by atoms with Crippen LogP contribution in [0.4, 0.5) is 0 Å². The molecule has 2 saturated carbocycles. The van der Waals surface area contributed by atoms with Crippen LogP contribution in [0.25, 0.3) is 0 Å². The maximum Gasteiger partial charge on any atom is 0.118 e. The fourth-order valence-electron chi connectivity index (χ4n) is 4.95.